The third-order valence-corrected chi connectivity index (χ3v) is 16.4. The molecule has 2 aromatic heterocycles. The number of methoxy groups -OCH3 is 3. The molecule has 0 unspecified atom stereocenters. The van der Waals surface area contributed by atoms with Crippen LogP contribution in [-0.4, -0.2) is 158 Å². The van der Waals surface area contributed by atoms with Crippen LogP contribution in [0.4, 0.5) is 14.4 Å². The largest absolute Gasteiger partial charge is 0.457 e. The molecule has 0 saturated carbocycles. The Balaban J connectivity index is 0.000000119. The third kappa shape index (κ3) is 11.8. The van der Waals surface area contributed by atoms with Gasteiger partial charge in [-0.05, 0) is 125 Å². The number of ether oxygens (including phenoxy) is 3. The molecular formula is C50H73ClN8O9. The number of fused-ring (bicyclic) bond motifs is 16. The molecule has 3 amide bonds. The molecule has 12 heterocycles. The van der Waals surface area contributed by atoms with E-state index in [0.717, 1.165) is 88.5 Å². The van der Waals surface area contributed by atoms with Crippen LogP contribution >= 0.6 is 11.6 Å². The fourth-order valence-corrected chi connectivity index (χ4v) is 13.4. The van der Waals surface area contributed by atoms with Crippen molar-refractivity contribution >= 4 is 35.1 Å². The van der Waals surface area contributed by atoms with Gasteiger partial charge >= 0.3 is 17.6 Å². The van der Waals surface area contributed by atoms with E-state index in [0.29, 0.717) is 67.6 Å². The van der Waals surface area contributed by atoms with Crippen molar-refractivity contribution in [2.45, 2.75) is 101 Å². The molecule has 10 aliphatic rings. The number of hydrogen-bond donors (Lipinski definition) is 2. The van der Waals surface area contributed by atoms with E-state index in [2.05, 4.69) is 42.8 Å². The van der Waals surface area contributed by atoms with Crippen molar-refractivity contribution in [2.24, 2.45) is 35.5 Å². The minimum atomic E-state index is -0.773. The molecule has 0 aliphatic carbocycles. The lowest BCUT2D eigenvalue weighted by atomic mass is 9.76. The Morgan fingerprint density at radius 2 is 1.15 bits per heavy atom. The Morgan fingerprint density at radius 3 is 1.82 bits per heavy atom. The summed E-state index contributed by atoms with van der Waals surface area (Å²) in [6.07, 6.45) is 11.7. The van der Waals surface area contributed by atoms with E-state index in [-0.39, 0.29) is 29.2 Å². The fraction of sp³-hybridized carbons (Fsp3) is 0.720. The number of likely N-dealkylation sites (tertiary alicyclic amines) is 2. The number of pyridine rings is 2. The number of nitrogens with zero attached hydrogens (tertiary/aromatic N) is 6. The number of aromatic nitrogens is 2. The molecule has 68 heavy (non-hydrogen) atoms. The Kier molecular flexibility index (Phi) is 16.9. The van der Waals surface area contributed by atoms with Crippen molar-refractivity contribution in [2.75, 3.05) is 93.3 Å². The summed E-state index contributed by atoms with van der Waals surface area (Å²) in [7, 11) is 4.06. The first kappa shape index (κ1) is 50.0. The summed E-state index contributed by atoms with van der Waals surface area (Å²) in [4.78, 5) is 76.5. The summed E-state index contributed by atoms with van der Waals surface area (Å²) in [6.45, 7) is 12.7. The van der Waals surface area contributed by atoms with Gasteiger partial charge in [0, 0.05) is 124 Å². The topological polar surface area (TPSA) is 177 Å². The van der Waals surface area contributed by atoms with Crippen LogP contribution in [0.15, 0.2) is 46.0 Å². The lowest BCUT2D eigenvalue weighted by Gasteiger charge is -2.52. The van der Waals surface area contributed by atoms with Crippen LogP contribution in [0.1, 0.15) is 87.4 Å². The second-order valence-electron chi connectivity index (χ2n) is 20.7. The molecule has 17 nitrogen and oxygen atoms in total. The minimum absolute atomic E-state index is 0.0636. The van der Waals surface area contributed by atoms with E-state index in [4.69, 9.17) is 9.47 Å². The van der Waals surface area contributed by atoms with E-state index in [9.17, 15) is 28.8 Å². The normalized spacial score (nSPS) is 31.4. The quantitative estimate of drug-likeness (QED) is 0.274. The predicted octanol–water partition coefficient (Wildman–Crippen LogP) is 4.75. The maximum atomic E-state index is 12.0. The fourth-order valence-electron chi connectivity index (χ4n) is 13.4. The molecular weight excluding hydrogens is 892 g/mol. The highest BCUT2D eigenvalue weighted by Gasteiger charge is 2.45. The Hall–Kier alpha value is -4.45. The highest BCUT2D eigenvalue weighted by Crippen LogP contribution is 2.39. The molecule has 0 spiro atoms. The molecule has 12 rings (SSSR count). The van der Waals surface area contributed by atoms with Gasteiger partial charge in [-0.15, -0.1) is 0 Å². The van der Waals surface area contributed by atoms with Gasteiger partial charge in [-0.2, -0.15) is 0 Å². The molecule has 0 radical (unpaired) electrons. The molecule has 10 aliphatic heterocycles. The number of halogens is 1. The van der Waals surface area contributed by atoms with E-state index in [1.54, 1.807) is 23.1 Å². The van der Waals surface area contributed by atoms with Crippen molar-refractivity contribution in [1.82, 2.24) is 39.4 Å². The summed E-state index contributed by atoms with van der Waals surface area (Å²) < 4.78 is 17.3. The second-order valence-corrected chi connectivity index (χ2v) is 21.0. The number of nitrogens with one attached hydrogen (secondary N) is 2. The Labute approximate surface area is 405 Å². The van der Waals surface area contributed by atoms with Crippen LogP contribution in [0.5, 0.6) is 0 Å². The molecule has 8 bridgehead atoms. The van der Waals surface area contributed by atoms with Crippen molar-refractivity contribution in [3.05, 3.63) is 68.5 Å². The lowest BCUT2D eigenvalue weighted by molar-refractivity contribution is -0.144. The summed E-state index contributed by atoms with van der Waals surface area (Å²) in [5.74, 6) is 4.95. The van der Waals surface area contributed by atoms with Gasteiger partial charge in [0.15, 0.2) is 0 Å². The molecule has 2 aromatic rings. The summed E-state index contributed by atoms with van der Waals surface area (Å²) in [5.41, 5.74) is 1.73. The third-order valence-electron chi connectivity index (χ3n) is 16.2. The molecule has 8 saturated heterocycles. The zero-order chi connectivity index (χ0) is 47.9. The van der Waals surface area contributed by atoms with Gasteiger partial charge in [0.1, 0.15) is 0 Å². The van der Waals surface area contributed by atoms with Gasteiger partial charge in [-0.25, -0.2) is 14.4 Å². The van der Waals surface area contributed by atoms with E-state index in [1.807, 2.05) is 26.2 Å². The van der Waals surface area contributed by atoms with Crippen molar-refractivity contribution in [3.63, 3.8) is 0 Å². The monoisotopic (exact) mass is 965 g/mol. The highest BCUT2D eigenvalue weighted by atomic mass is 35.5. The van der Waals surface area contributed by atoms with Gasteiger partial charge in [-0.3, -0.25) is 19.3 Å². The SMILES string of the molecule is C1CCN2C[C@@H]3CNC[C@@H](C3)[C@@H]2C1.COC(=O)Cl.COC(=O)N1C[C@@H]2C[C@H](C1)[C@@H]1CCCC(=O)N1C2.COC(=O)N1C[C@@H]2C[C@H](C1)c1cccc(=O)n1C2.O=c1cccc2n1C[C@@H]1CNC[C@H]2C1. The van der Waals surface area contributed by atoms with Crippen LogP contribution in [0.2, 0.25) is 0 Å². The Bertz CT molecular complexity index is 2200. The van der Waals surface area contributed by atoms with Crippen molar-refractivity contribution in [3.8, 4) is 0 Å². The van der Waals surface area contributed by atoms with Crippen LogP contribution in [-0.2, 0) is 32.1 Å². The van der Waals surface area contributed by atoms with Gasteiger partial charge in [0.25, 0.3) is 11.1 Å². The van der Waals surface area contributed by atoms with Gasteiger partial charge in [0.05, 0.1) is 21.3 Å². The van der Waals surface area contributed by atoms with Gasteiger partial charge < -0.3 is 48.7 Å². The molecule has 10 atom stereocenters. The first-order valence-corrected chi connectivity index (χ1v) is 25.5. The Morgan fingerprint density at radius 1 is 0.574 bits per heavy atom. The smallest absolute Gasteiger partial charge is 0.409 e. The number of carbonyl (C=O) groups excluding carboxylic acids is 4. The van der Waals surface area contributed by atoms with E-state index < -0.39 is 5.43 Å². The van der Waals surface area contributed by atoms with Crippen molar-refractivity contribution in [1.29, 1.82) is 0 Å². The first-order valence-electron chi connectivity index (χ1n) is 25.2. The summed E-state index contributed by atoms with van der Waals surface area (Å²) in [6, 6.07) is 12.3. The average Bonchev–Trinajstić information content (AvgIpc) is 3.35. The number of piperidine rings is 8. The zero-order valence-electron chi connectivity index (χ0n) is 40.2. The average molecular weight is 966 g/mol. The summed E-state index contributed by atoms with van der Waals surface area (Å²) in [5, 5.41) is 7.02. The number of carbonyl (C=O) groups is 4. The van der Waals surface area contributed by atoms with Gasteiger partial charge in [0.2, 0.25) is 5.91 Å². The van der Waals surface area contributed by atoms with Gasteiger partial charge in [-0.1, -0.05) is 18.6 Å². The van der Waals surface area contributed by atoms with Crippen LogP contribution < -0.4 is 21.8 Å². The summed E-state index contributed by atoms with van der Waals surface area (Å²) >= 11 is 4.60. The zero-order valence-corrected chi connectivity index (χ0v) is 41.0. The second kappa shape index (κ2) is 23.0. The first-order chi connectivity index (χ1) is 32.9. The van der Waals surface area contributed by atoms with E-state index in [1.165, 1.54) is 85.3 Å². The molecule has 8 fully saturated rings. The molecule has 374 valence electrons. The highest BCUT2D eigenvalue weighted by molar-refractivity contribution is 6.61. The molecule has 18 heteroatoms. The number of rotatable bonds is 0. The van der Waals surface area contributed by atoms with E-state index >= 15 is 0 Å². The molecule has 2 N–H and O–H groups in total. The number of hydrogen-bond acceptors (Lipinski definition) is 12. The molecule has 0 aromatic carbocycles. The van der Waals surface area contributed by atoms with Crippen LogP contribution in [0.3, 0.4) is 0 Å². The predicted molar refractivity (Wildman–Crippen MR) is 257 cm³/mol. The van der Waals surface area contributed by atoms with Crippen LogP contribution in [0.25, 0.3) is 0 Å². The van der Waals surface area contributed by atoms with Crippen molar-refractivity contribution < 1.29 is 33.4 Å². The minimum Gasteiger partial charge on any atom is -0.457 e. The maximum Gasteiger partial charge on any atom is 0.409 e. The lowest BCUT2D eigenvalue weighted by Crippen LogP contribution is -2.61. The number of amides is 3. The maximum absolute atomic E-state index is 12.0. The standard InChI is InChI=1S/C13H20N2O3.C13H16N2O3.C11H14N2O.C11H20N2.C2H3ClO2/c2*1-18-13(17)14-6-9-5-10(8-14)11-3-2-4-12(16)15(11)7-9;14-11-3-1-2-10-9-4-8(5-12-6-9)7-13(10)11;1-2-4-13-8-9-5-10(7-12-6-9)11(13)3-1;1-5-2(3)4/h9-11H,2-8H2,1H3;2-4,9-10H,5-8H2,1H3;1-3,8-9,12H,4-7H2;9-12H,1-8H2;1H3/t9-,10+,11-;9-,10+;8-,9+;9-,10+,11-;/m0000./s1. The van der Waals surface area contributed by atoms with Crippen LogP contribution in [0, 0.1) is 35.5 Å².